The molecule has 0 aliphatic carbocycles. The smallest absolute Gasteiger partial charge is 0.264 e. The molecule has 0 spiro atoms. The first-order chi connectivity index (χ1) is 20.9. The number of benzene rings is 2. The number of carbonyl (C=O) groups excluding carboxylic acids is 2. The van der Waals surface area contributed by atoms with Gasteiger partial charge >= 0.3 is 0 Å². The monoisotopic (exact) mass is 638 g/mol. The number of aryl methyl sites for hydroxylation is 2. The molecule has 0 saturated carbocycles. The molecular weight excluding hydrogens is 608 g/mol. The number of rotatable bonds is 13. The molecule has 0 bridgehead atoms. The topological polar surface area (TPSA) is 202 Å². The van der Waals surface area contributed by atoms with Crippen molar-refractivity contribution in [1.82, 2.24) is 19.9 Å². The van der Waals surface area contributed by atoms with E-state index in [-0.39, 0.29) is 46.3 Å². The zero-order valence-electron chi connectivity index (χ0n) is 23.8. The number of nitrogens with one attached hydrogen (secondary N) is 4. The van der Waals surface area contributed by atoms with Gasteiger partial charge < -0.3 is 10.6 Å². The van der Waals surface area contributed by atoms with Gasteiger partial charge in [0.25, 0.3) is 20.0 Å². The Morgan fingerprint density at radius 3 is 1.30 bits per heavy atom. The fourth-order valence-electron chi connectivity index (χ4n) is 3.81. The molecule has 0 saturated heterocycles. The summed E-state index contributed by atoms with van der Waals surface area (Å²) in [5, 5.41) is 5.40. The number of anilines is 4. The first-order valence-corrected chi connectivity index (χ1v) is 16.3. The molecule has 2 aromatic carbocycles. The van der Waals surface area contributed by atoms with Crippen molar-refractivity contribution >= 4 is 55.1 Å². The second kappa shape index (κ2) is 14.0. The van der Waals surface area contributed by atoms with Gasteiger partial charge in [-0.25, -0.2) is 46.2 Å². The van der Waals surface area contributed by atoms with Crippen LogP contribution in [0.5, 0.6) is 0 Å². The zero-order valence-corrected chi connectivity index (χ0v) is 25.4. The maximum absolute atomic E-state index is 12.6. The van der Waals surface area contributed by atoms with Crippen molar-refractivity contribution in [1.29, 1.82) is 0 Å². The number of carbonyl (C=O) groups is 2. The summed E-state index contributed by atoms with van der Waals surface area (Å²) >= 11 is 0. The maximum atomic E-state index is 12.6. The van der Waals surface area contributed by atoms with E-state index in [1.807, 2.05) is 0 Å². The van der Waals surface area contributed by atoms with E-state index in [1.165, 1.54) is 60.9 Å². The summed E-state index contributed by atoms with van der Waals surface area (Å²) in [4.78, 5) is 40.4. The Labute approximate surface area is 254 Å². The first kappa shape index (κ1) is 32.0. The van der Waals surface area contributed by atoms with Gasteiger partial charge in [0.05, 0.1) is 9.79 Å². The molecule has 2 amide bonds. The molecule has 2 heterocycles. The molecule has 0 unspecified atom stereocenters. The first-order valence-electron chi connectivity index (χ1n) is 13.3. The third-order valence-corrected chi connectivity index (χ3v) is 8.68. The van der Waals surface area contributed by atoms with E-state index in [0.717, 1.165) is 0 Å². The molecular formula is C28H30N8O6S2. The Balaban J connectivity index is 1.18. The lowest BCUT2D eigenvalue weighted by molar-refractivity contribution is -0.118. The van der Waals surface area contributed by atoms with E-state index < -0.39 is 20.0 Å². The van der Waals surface area contributed by atoms with Gasteiger partial charge in [0.1, 0.15) is 0 Å². The zero-order chi connectivity index (χ0) is 31.7. The largest absolute Gasteiger partial charge is 0.326 e. The quantitative estimate of drug-likeness (QED) is 0.157. The Bertz CT molecular complexity index is 1710. The van der Waals surface area contributed by atoms with Gasteiger partial charge in [0, 0.05) is 48.0 Å². The summed E-state index contributed by atoms with van der Waals surface area (Å²) in [6.45, 7) is 3.43. The van der Waals surface area contributed by atoms with E-state index in [9.17, 15) is 26.4 Å². The molecule has 2 aromatic heterocycles. The number of sulfonamides is 2. The van der Waals surface area contributed by atoms with Crippen LogP contribution in [0.15, 0.2) is 82.8 Å². The van der Waals surface area contributed by atoms with E-state index in [2.05, 4.69) is 40.0 Å². The highest BCUT2D eigenvalue weighted by atomic mass is 32.2. The van der Waals surface area contributed by atoms with Gasteiger partial charge in [-0.2, -0.15) is 0 Å². The Kier molecular flexibility index (Phi) is 10.2. The van der Waals surface area contributed by atoms with Crippen molar-refractivity contribution < 1.29 is 26.4 Å². The van der Waals surface area contributed by atoms with Crippen LogP contribution in [-0.2, 0) is 29.6 Å². The minimum absolute atomic E-state index is 0.0172. The van der Waals surface area contributed by atoms with Crippen LogP contribution < -0.4 is 20.1 Å². The van der Waals surface area contributed by atoms with Crippen LogP contribution in [-0.4, -0.2) is 48.6 Å². The molecule has 44 heavy (non-hydrogen) atoms. The number of hydrogen-bond donors (Lipinski definition) is 4. The van der Waals surface area contributed by atoms with E-state index in [0.29, 0.717) is 35.6 Å². The highest BCUT2D eigenvalue weighted by Gasteiger charge is 2.17. The Morgan fingerprint density at radius 2 is 0.955 bits per heavy atom. The van der Waals surface area contributed by atoms with Crippen molar-refractivity contribution in [3.8, 4) is 0 Å². The van der Waals surface area contributed by atoms with Crippen LogP contribution in [0.2, 0.25) is 0 Å². The summed E-state index contributed by atoms with van der Waals surface area (Å²) in [5.41, 5.74) is 2.07. The lowest BCUT2D eigenvalue weighted by atomic mass is 10.1. The van der Waals surface area contributed by atoms with Crippen LogP contribution in [0.4, 0.5) is 23.3 Å². The molecule has 16 heteroatoms. The fraction of sp³-hybridized carbons (Fsp3) is 0.214. The number of unbranched alkanes of at least 4 members (excludes halogenated alkanes) is 1. The summed E-state index contributed by atoms with van der Waals surface area (Å²) in [6, 6.07) is 14.6. The molecule has 0 fully saturated rings. The molecule has 4 N–H and O–H groups in total. The van der Waals surface area contributed by atoms with Crippen molar-refractivity contribution in [2.45, 2.75) is 49.3 Å². The second-order valence-corrected chi connectivity index (χ2v) is 13.0. The van der Waals surface area contributed by atoms with E-state index >= 15 is 0 Å². The van der Waals surface area contributed by atoms with Gasteiger partial charge in [-0.15, -0.1) is 0 Å². The van der Waals surface area contributed by atoms with E-state index in [4.69, 9.17) is 0 Å². The highest BCUT2D eigenvalue weighted by Crippen LogP contribution is 2.19. The fourth-order valence-corrected chi connectivity index (χ4v) is 5.71. The molecule has 230 valence electrons. The van der Waals surface area contributed by atoms with Crippen molar-refractivity contribution in [2.24, 2.45) is 0 Å². The van der Waals surface area contributed by atoms with Gasteiger partial charge in [-0.1, -0.05) is 0 Å². The third-order valence-electron chi connectivity index (χ3n) is 6.00. The minimum Gasteiger partial charge on any atom is -0.326 e. The van der Waals surface area contributed by atoms with Crippen LogP contribution in [0.1, 0.15) is 37.1 Å². The summed E-state index contributed by atoms with van der Waals surface area (Å²) in [5.74, 6) is -0.646. The molecule has 4 aromatic rings. The SMILES string of the molecule is Cc1ccnc(NS(=O)(=O)c2ccc(NC(=O)CCCCC(=O)Nc3ccc(S(=O)(=O)Nc4nccc(C)n4)cc3)cc2)n1. The third kappa shape index (κ3) is 9.27. The number of aromatic nitrogens is 4. The highest BCUT2D eigenvalue weighted by molar-refractivity contribution is 7.93. The van der Waals surface area contributed by atoms with Gasteiger partial charge in [-0.05, 0) is 87.4 Å². The predicted molar refractivity (Wildman–Crippen MR) is 164 cm³/mol. The van der Waals surface area contributed by atoms with Gasteiger partial charge in [0.2, 0.25) is 23.7 Å². The summed E-state index contributed by atoms with van der Waals surface area (Å²) in [6.07, 6.45) is 4.09. The van der Waals surface area contributed by atoms with Crippen LogP contribution in [0.25, 0.3) is 0 Å². The van der Waals surface area contributed by atoms with Gasteiger partial charge in [-0.3, -0.25) is 9.59 Å². The average molecular weight is 639 g/mol. The lowest BCUT2D eigenvalue weighted by Gasteiger charge is -2.09. The van der Waals surface area contributed by atoms with E-state index in [1.54, 1.807) is 26.0 Å². The average Bonchev–Trinajstić information content (AvgIpc) is 2.95. The maximum Gasteiger partial charge on any atom is 0.264 e. The lowest BCUT2D eigenvalue weighted by Crippen LogP contribution is -2.16. The minimum atomic E-state index is -3.91. The molecule has 0 radical (unpaired) electrons. The molecule has 4 rings (SSSR count). The number of amides is 2. The van der Waals surface area contributed by atoms with Crippen molar-refractivity contribution in [2.75, 3.05) is 20.1 Å². The standard InChI is InChI=1S/C28H30N8O6S2/c1-19-15-17-29-27(31-19)35-43(39,40)23-11-7-21(8-12-23)33-25(37)5-3-4-6-26(38)34-22-9-13-24(14-10-22)44(41,42)36-28-30-18-16-20(2)32-28/h7-18H,3-6H2,1-2H3,(H,33,37)(H,34,38)(H,29,31,35)(H,30,32,36). The van der Waals surface area contributed by atoms with Crippen molar-refractivity contribution in [3.63, 3.8) is 0 Å². The van der Waals surface area contributed by atoms with Gasteiger partial charge in [0.15, 0.2) is 0 Å². The second-order valence-electron chi connectivity index (χ2n) is 9.61. The molecule has 0 aliphatic heterocycles. The summed E-state index contributed by atoms with van der Waals surface area (Å²) in [7, 11) is -7.81. The van der Waals surface area contributed by atoms with Crippen molar-refractivity contribution in [3.05, 3.63) is 84.4 Å². The Morgan fingerprint density at radius 1 is 0.591 bits per heavy atom. The van der Waals surface area contributed by atoms with Crippen LogP contribution in [0, 0.1) is 13.8 Å². The normalized spacial score (nSPS) is 11.4. The van der Waals surface area contributed by atoms with Crippen LogP contribution >= 0.6 is 0 Å². The summed E-state index contributed by atoms with van der Waals surface area (Å²) < 4.78 is 54.9. The molecule has 0 atom stereocenters. The molecule has 0 aliphatic rings. The van der Waals surface area contributed by atoms with Crippen LogP contribution in [0.3, 0.4) is 0 Å². The number of hydrogen-bond acceptors (Lipinski definition) is 10. The Hall–Kier alpha value is -4.96. The number of nitrogens with zero attached hydrogens (tertiary/aromatic N) is 4. The molecule has 14 nitrogen and oxygen atoms in total. The predicted octanol–water partition coefficient (Wildman–Crippen LogP) is 3.62.